The van der Waals surface area contributed by atoms with Gasteiger partial charge in [-0.2, -0.15) is 0 Å². The summed E-state index contributed by atoms with van der Waals surface area (Å²) in [5, 5.41) is 10.2. The van der Waals surface area contributed by atoms with Crippen LogP contribution in [-0.4, -0.2) is 44.5 Å². The molecule has 3 rings (SSSR count). The first kappa shape index (κ1) is 18.5. The summed E-state index contributed by atoms with van der Waals surface area (Å²) in [7, 11) is 1.59. The van der Waals surface area contributed by atoms with Crippen LogP contribution < -0.4 is 5.56 Å². The van der Waals surface area contributed by atoms with E-state index < -0.39 is 17.6 Å². The highest BCUT2D eigenvalue weighted by molar-refractivity contribution is 5.93. The van der Waals surface area contributed by atoms with Gasteiger partial charge in [-0.05, 0) is 24.1 Å². The Morgan fingerprint density at radius 1 is 1.19 bits per heavy atom. The number of hydrogen-bond donors (Lipinski definition) is 2. The lowest BCUT2D eigenvalue weighted by molar-refractivity contribution is 0.0759. The normalized spacial score (nSPS) is 11.8. The number of amides is 1. The van der Waals surface area contributed by atoms with E-state index in [9.17, 15) is 14.7 Å². The SMILES string of the molecule is CN(CCC(O)c1ccccc1)C(=O)c1cnc(-c2cccnc2)[nH]c1=O. The fraction of sp³-hybridized carbons (Fsp3) is 0.200. The minimum atomic E-state index is -0.675. The Morgan fingerprint density at radius 3 is 2.63 bits per heavy atom. The van der Waals surface area contributed by atoms with Crippen molar-refractivity contribution in [2.75, 3.05) is 13.6 Å². The Labute approximate surface area is 156 Å². The molecule has 0 bridgehead atoms. The largest absolute Gasteiger partial charge is 0.388 e. The van der Waals surface area contributed by atoms with Crippen molar-refractivity contribution >= 4 is 5.91 Å². The van der Waals surface area contributed by atoms with Gasteiger partial charge < -0.3 is 15.0 Å². The predicted octanol–water partition coefficient (Wildman–Crippen LogP) is 2.03. The van der Waals surface area contributed by atoms with Crippen LogP contribution in [-0.2, 0) is 0 Å². The Kier molecular flexibility index (Phi) is 5.73. The molecule has 2 N–H and O–H groups in total. The fourth-order valence-electron chi connectivity index (χ4n) is 2.66. The molecule has 1 aromatic carbocycles. The Hall–Kier alpha value is -3.32. The number of nitrogens with one attached hydrogen (secondary N) is 1. The number of nitrogens with zero attached hydrogens (tertiary/aromatic N) is 3. The van der Waals surface area contributed by atoms with E-state index in [2.05, 4.69) is 15.0 Å². The Bertz CT molecular complexity index is 958. The molecule has 0 spiro atoms. The highest BCUT2D eigenvalue weighted by Crippen LogP contribution is 2.16. The molecule has 27 heavy (non-hydrogen) atoms. The predicted molar refractivity (Wildman–Crippen MR) is 101 cm³/mol. The van der Waals surface area contributed by atoms with Gasteiger partial charge in [0, 0.05) is 37.7 Å². The summed E-state index contributed by atoms with van der Waals surface area (Å²) in [6.45, 7) is 0.304. The lowest BCUT2D eigenvalue weighted by Crippen LogP contribution is -2.33. The molecular formula is C20H20N4O3. The molecule has 1 unspecified atom stereocenters. The Morgan fingerprint density at radius 2 is 1.96 bits per heavy atom. The lowest BCUT2D eigenvalue weighted by Gasteiger charge is -2.19. The van der Waals surface area contributed by atoms with Gasteiger partial charge >= 0.3 is 0 Å². The monoisotopic (exact) mass is 364 g/mol. The molecule has 0 saturated heterocycles. The van der Waals surface area contributed by atoms with Gasteiger partial charge in [0.2, 0.25) is 0 Å². The maximum Gasteiger partial charge on any atom is 0.264 e. The summed E-state index contributed by atoms with van der Waals surface area (Å²) in [5.41, 5.74) is 0.898. The van der Waals surface area contributed by atoms with Crippen LogP contribution in [0.1, 0.15) is 28.4 Å². The quantitative estimate of drug-likeness (QED) is 0.697. The third kappa shape index (κ3) is 4.45. The summed E-state index contributed by atoms with van der Waals surface area (Å²) >= 11 is 0. The van der Waals surface area contributed by atoms with Crippen molar-refractivity contribution in [3.63, 3.8) is 0 Å². The molecule has 0 saturated carbocycles. The zero-order valence-corrected chi connectivity index (χ0v) is 14.9. The number of carbonyl (C=O) groups excluding carboxylic acids is 1. The average molecular weight is 364 g/mol. The molecular weight excluding hydrogens is 344 g/mol. The summed E-state index contributed by atoms with van der Waals surface area (Å²) in [6, 6.07) is 12.7. The van der Waals surface area contributed by atoms with Gasteiger partial charge in [0.15, 0.2) is 0 Å². The number of carbonyl (C=O) groups is 1. The van der Waals surface area contributed by atoms with Crippen molar-refractivity contribution in [2.45, 2.75) is 12.5 Å². The van der Waals surface area contributed by atoms with E-state index in [1.807, 2.05) is 30.3 Å². The number of aliphatic hydroxyl groups is 1. The number of hydrogen-bond acceptors (Lipinski definition) is 5. The van der Waals surface area contributed by atoms with Crippen molar-refractivity contribution in [3.8, 4) is 11.4 Å². The topological polar surface area (TPSA) is 99.2 Å². The van der Waals surface area contributed by atoms with E-state index in [4.69, 9.17) is 0 Å². The highest BCUT2D eigenvalue weighted by Gasteiger charge is 2.18. The minimum Gasteiger partial charge on any atom is -0.388 e. The number of pyridine rings is 1. The molecule has 0 aliphatic heterocycles. The number of aromatic nitrogens is 3. The molecule has 0 aliphatic rings. The fourth-order valence-corrected chi connectivity index (χ4v) is 2.66. The Balaban J connectivity index is 1.67. The van der Waals surface area contributed by atoms with E-state index in [0.29, 0.717) is 24.4 Å². The van der Waals surface area contributed by atoms with Crippen LogP contribution in [0.4, 0.5) is 0 Å². The average Bonchev–Trinajstić information content (AvgIpc) is 2.72. The molecule has 3 aromatic rings. The third-order valence-corrected chi connectivity index (χ3v) is 4.23. The molecule has 7 nitrogen and oxygen atoms in total. The van der Waals surface area contributed by atoms with Crippen LogP contribution in [0.25, 0.3) is 11.4 Å². The number of aliphatic hydroxyl groups excluding tert-OH is 1. The van der Waals surface area contributed by atoms with Gasteiger partial charge in [-0.15, -0.1) is 0 Å². The van der Waals surface area contributed by atoms with Crippen LogP contribution in [0.2, 0.25) is 0 Å². The second kappa shape index (κ2) is 8.37. The zero-order chi connectivity index (χ0) is 19.2. The van der Waals surface area contributed by atoms with E-state index in [-0.39, 0.29) is 5.56 Å². The van der Waals surface area contributed by atoms with Crippen molar-refractivity contribution in [2.24, 2.45) is 0 Å². The maximum atomic E-state index is 12.5. The van der Waals surface area contributed by atoms with Crippen molar-refractivity contribution in [1.29, 1.82) is 0 Å². The first-order chi connectivity index (χ1) is 13.1. The van der Waals surface area contributed by atoms with E-state index in [1.54, 1.807) is 31.6 Å². The molecule has 0 radical (unpaired) electrons. The van der Waals surface area contributed by atoms with Crippen LogP contribution in [0.3, 0.4) is 0 Å². The van der Waals surface area contributed by atoms with E-state index >= 15 is 0 Å². The molecule has 2 heterocycles. The molecule has 0 aliphatic carbocycles. The molecule has 7 heteroatoms. The van der Waals surface area contributed by atoms with Gasteiger partial charge in [0.1, 0.15) is 11.4 Å². The zero-order valence-electron chi connectivity index (χ0n) is 14.9. The van der Waals surface area contributed by atoms with Gasteiger partial charge in [0.05, 0.1) is 6.10 Å². The number of benzene rings is 1. The molecule has 2 aromatic heterocycles. The van der Waals surface area contributed by atoms with Gasteiger partial charge in [-0.3, -0.25) is 14.6 Å². The molecule has 1 atom stereocenters. The molecule has 0 fully saturated rings. The minimum absolute atomic E-state index is 0.0423. The van der Waals surface area contributed by atoms with Crippen molar-refractivity contribution in [3.05, 3.63) is 82.5 Å². The van der Waals surface area contributed by atoms with Gasteiger partial charge in [0.25, 0.3) is 11.5 Å². The number of H-pyrrole nitrogens is 1. The first-order valence-corrected chi connectivity index (χ1v) is 8.54. The van der Waals surface area contributed by atoms with Gasteiger partial charge in [-0.1, -0.05) is 30.3 Å². The molecule has 138 valence electrons. The summed E-state index contributed by atoms with van der Waals surface area (Å²) in [5.74, 6) is -0.0893. The number of rotatable bonds is 6. The third-order valence-electron chi connectivity index (χ3n) is 4.23. The van der Waals surface area contributed by atoms with Crippen LogP contribution in [0.5, 0.6) is 0 Å². The highest BCUT2D eigenvalue weighted by atomic mass is 16.3. The standard InChI is InChI=1S/C20H20N4O3/c1-24(11-9-17(25)14-6-3-2-4-7-14)20(27)16-13-22-18(23-19(16)26)15-8-5-10-21-12-15/h2-8,10,12-13,17,25H,9,11H2,1H3,(H,22,23,26). The van der Waals surface area contributed by atoms with Crippen molar-refractivity contribution < 1.29 is 9.90 Å². The maximum absolute atomic E-state index is 12.5. The lowest BCUT2D eigenvalue weighted by atomic mass is 10.1. The summed E-state index contributed by atoms with van der Waals surface area (Å²) < 4.78 is 0. The second-order valence-corrected chi connectivity index (χ2v) is 6.16. The smallest absolute Gasteiger partial charge is 0.264 e. The number of aromatic amines is 1. The summed E-state index contributed by atoms with van der Waals surface area (Å²) in [6.07, 6.45) is 4.17. The first-order valence-electron chi connectivity index (χ1n) is 8.54. The summed E-state index contributed by atoms with van der Waals surface area (Å²) in [4.78, 5) is 37.0. The van der Waals surface area contributed by atoms with E-state index in [0.717, 1.165) is 5.56 Å². The van der Waals surface area contributed by atoms with Crippen LogP contribution in [0.15, 0.2) is 65.8 Å². The molecule has 1 amide bonds. The second-order valence-electron chi connectivity index (χ2n) is 6.16. The van der Waals surface area contributed by atoms with Crippen LogP contribution in [0, 0.1) is 0 Å². The van der Waals surface area contributed by atoms with Crippen LogP contribution >= 0.6 is 0 Å². The van der Waals surface area contributed by atoms with E-state index in [1.165, 1.54) is 11.1 Å². The van der Waals surface area contributed by atoms with Crippen molar-refractivity contribution in [1.82, 2.24) is 19.9 Å². The van der Waals surface area contributed by atoms with Gasteiger partial charge in [-0.25, -0.2) is 4.98 Å².